The number of benzene rings is 2. The SMILES string of the molecule is Cn1c(=O)n(C)c2cc(C=C(C#N)C(=O)Nc3ccc([N+](=O)[O-])cc3)ccc21. The summed E-state index contributed by atoms with van der Waals surface area (Å²) in [7, 11) is 3.31. The number of non-ortho nitro benzene ring substituents is 1. The Morgan fingerprint density at radius 1 is 1.14 bits per heavy atom. The molecule has 0 bridgehead atoms. The second-order valence-electron chi connectivity index (χ2n) is 6.08. The number of fused-ring (bicyclic) bond motifs is 1. The maximum Gasteiger partial charge on any atom is 0.328 e. The number of nitro groups is 1. The average molecular weight is 377 g/mol. The molecule has 3 rings (SSSR count). The van der Waals surface area contributed by atoms with Crippen LogP contribution in [0.1, 0.15) is 5.56 Å². The number of carbonyl (C=O) groups is 1. The zero-order chi connectivity index (χ0) is 20.4. The molecule has 1 aromatic heterocycles. The van der Waals surface area contributed by atoms with Crippen LogP contribution in [0.15, 0.2) is 52.8 Å². The minimum Gasteiger partial charge on any atom is -0.321 e. The summed E-state index contributed by atoms with van der Waals surface area (Å²) < 4.78 is 2.99. The van der Waals surface area contributed by atoms with Crippen molar-refractivity contribution in [3.05, 3.63) is 74.2 Å². The van der Waals surface area contributed by atoms with Crippen LogP contribution in [-0.2, 0) is 18.9 Å². The van der Waals surface area contributed by atoms with E-state index in [0.29, 0.717) is 16.8 Å². The fraction of sp³-hybridized carbons (Fsp3) is 0.105. The number of nitrogens with zero attached hydrogens (tertiary/aromatic N) is 4. The van der Waals surface area contributed by atoms with Crippen molar-refractivity contribution in [1.82, 2.24) is 9.13 Å². The fourth-order valence-electron chi connectivity index (χ4n) is 2.79. The van der Waals surface area contributed by atoms with Crippen LogP contribution in [0.5, 0.6) is 0 Å². The van der Waals surface area contributed by atoms with E-state index in [1.165, 1.54) is 39.5 Å². The van der Waals surface area contributed by atoms with E-state index < -0.39 is 10.8 Å². The number of nitro benzene ring substituents is 1. The van der Waals surface area contributed by atoms with E-state index in [2.05, 4.69) is 5.32 Å². The van der Waals surface area contributed by atoms with Gasteiger partial charge in [-0.05, 0) is 35.9 Å². The molecular weight excluding hydrogens is 362 g/mol. The van der Waals surface area contributed by atoms with E-state index in [1.807, 2.05) is 6.07 Å². The molecule has 9 nitrogen and oxygen atoms in total. The van der Waals surface area contributed by atoms with Crippen LogP contribution in [0.3, 0.4) is 0 Å². The number of anilines is 1. The summed E-state index contributed by atoms with van der Waals surface area (Å²) in [6, 6.07) is 12.3. The third-order valence-corrected chi connectivity index (χ3v) is 4.31. The molecule has 140 valence electrons. The summed E-state index contributed by atoms with van der Waals surface area (Å²) in [6.45, 7) is 0. The van der Waals surface area contributed by atoms with Gasteiger partial charge in [0, 0.05) is 31.9 Å². The van der Waals surface area contributed by atoms with Gasteiger partial charge >= 0.3 is 5.69 Å². The number of nitriles is 1. The number of rotatable bonds is 4. The highest BCUT2D eigenvalue weighted by atomic mass is 16.6. The van der Waals surface area contributed by atoms with Gasteiger partial charge in [-0.25, -0.2) is 4.79 Å². The molecule has 0 unspecified atom stereocenters. The van der Waals surface area contributed by atoms with Crippen molar-refractivity contribution in [3.8, 4) is 6.07 Å². The predicted octanol–water partition coefficient (Wildman–Crippen LogP) is 2.33. The highest BCUT2D eigenvalue weighted by molar-refractivity contribution is 6.09. The van der Waals surface area contributed by atoms with Crippen molar-refractivity contribution in [2.45, 2.75) is 0 Å². The van der Waals surface area contributed by atoms with Crippen molar-refractivity contribution in [3.63, 3.8) is 0 Å². The van der Waals surface area contributed by atoms with Gasteiger partial charge in [-0.3, -0.25) is 24.0 Å². The molecule has 1 amide bonds. The third kappa shape index (κ3) is 3.39. The number of nitrogens with one attached hydrogen (secondary N) is 1. The zero-order valence-corrected chi connectivity index (χ0v) is 15.0. The van der Waals surface area contributed by atoms with Crippen molar-refractivity contribution in [2.75, 3.05) is 5.32 Å². The Labute approximate surface area is 158 Å². The molecular formula is C19H15N5O4. The van der Waals surface area contributed by atoms with Crippen LogP contribution in [0.25, 0.3) is 17.1 Å². The Balaban J connectivity index is 1.89. The summed E-state index contributed by atoms with van der Waals surface area (Å²) in [5.41, 5.74) is 1.91. The van der Waals surface area contributed by atoms with Gasteiger partial charge in [0.1, 0.15) is 11.6 Å². The lowest BCUT2D eigenvalue weighted by Gasteiger charge is -2.04. The van der Waals surface area contributed by atoms with Crippen molar-refractivity contribution >= 4 is 34.4 Å². The van der Waals surface area contributed by atoms with Crippen molar-refractivity contribution in [1.29, 1.82) is 5.26 Å². The van der Waals surface area contributed by atoms with Crippen LogP contribution < -0.4 is 11.0 Å². The molecule has 2 aromatic carbocycles. The first-order valence-corrected chi connectivity index (χ1v) is 8.15. The van der Waals surface area contributed by atoms with Gasteiger partial charge in [-0.1, -0.05) is 6.07 Å². The second kappa shape index (κ2) is 7.20. The lowest BCUT2D eigenvalue weighted by molar-refractivity contribution is -0.384. The number of hydrogen-bond acceptors (Lipinski definition) is 5. The fourth-order valence-corrected chi connectivity index (χ4v) is 2.79. The van der Waals surface area contributed by atoms with Crippen LogP contribution in [0.2, 0.25) is 0 Å². The first-order valence-electron chi connectivity index (χ1n) is 8.15. The number of hydrogen-bond donors (Lipinski definition) is 1. The molecule has 1 heterocycles. The minimum absolute atomic E-state index is 0.101. The largest absolute Gasteiger partial charge is 0.328 e. The Morgan fingerprint density at radius 2 is 1.79 bits per heavy atom. The molecule has 0 radical (unpaired) electrons. The van der Waals surface area contributed by atoms with E-state index in [1.54, 1.807) is 32.3 Å². The number of carbonyl (C=O) groups excluding carboxylic acids is 1. The second-order valence-corrected chi connectivity index (χ2v) is 6.08. The van der Waals surface area contributed by atoms with Gasteiger partial charge in [-0.15, -0.1) is 0 Å². The number of aryl methyl sites for hydroxylation is 2. The monoisotopic (exact) mass is 377 g/mol. The molecule has 9 heteroatoms. The zero-order valence-electron chi connectivity index (χ0n) is 15.0. The Morgan fingerprint density at radius 3 is 2.39 bits per heavy atom. The summed E-state index contributed by atoms with van der Waals surface area (Å²) in [4.78, 5) is 34.5. The molecule has 0 aliphatic carbocycles. The summed E-state index contributed by atoms with van der Waals surface area (Å²) in [6.07, 6.45) is 1.41. The lowest BCUT2D eigenvalue weighted by atomic mass is 10.1. The van der Waals surface area contributed by atoms with Gasteiger partial charge in [0.25, 0.3) is 11.6 Å². The minimum atomic E-state index is -0.640. The topological polar surface area (TPSA) is 123 Å². The Hall–Kier alpha value is -4.19. The van der Waals surface area contributed by atoms with Crippen LogP contribution in [0, 0.1) is 21.4 Å². The maximum atomic E-state index is 12.4. The van der Waals surface area contributed by atoms with Gasteiger partial charge in [0.15, 0.2) is 0 Å². The highest BCUT2D eigenvalue weighted by Gasteiger charge is 2.12. The summed E-state index contributed by atoms with van der Waals surface area (Å²) >= 11 is 0. The molecule has 0 saturated heterocycles. The van der Waals surface area contributed by atoms with E-state index >= 15 is 0 Å². The van der Waals surface area contributed by atoms with E-state index in [0.717, 1.165) is 5.52 Å². The van der Waals surface area contributed by atoms with Gasteiger partial charge in [0.05, 0.1) is 16.0 Å². The van der Waals surface area contributed by atoms with E-state index in [4.69, 9.17) is 0 Å². The quantitative estimate of drug-likeness (QED) is 0.323. The van der Waals surface area contributed by atoms with Crippen LogP contribution in [-0.4, -0.2) is 20.0 Å². The average Bonchev–Trinajstić information content (AvgIpc) is 2.90. The molecule has 0 aliphatic rings. The first kappa shape index (κ1) is 18.6. The van der Waals surface area contributed by atoms with E-state index in [-0.39, 0.29) is 17.0 Å². The van der Waals surface area contributed by atoms with Gasteiger partial charge in [-0.2, -0.15) is 5.26 Å². The Kier molecular flexibility index (Phi) is 4.78. The van der Waals surface area contributed by atoms with Crippen molar-refractivity contribution < 1.29 is 9.72 Å². The lowest BCUT2D eigenvalue weighted by Crippen LogP contribution is -2.19. The predicted molar refractivity (Wildman–Crippen MR) is 103 cm³/mol. The molecule has 0 atom stereocenters. The highest BCUT2D eigenvalue weighted by Crippen LogP contribution is 2.18. The van der Waals surface area contributed by atoms with Crippen LogP contribution in [0.4, 0.5) is 11.4 Å². The number of amides is 1. The molecule has 0 aliphatic heterocycles. The third-order valence-electron chi connectivity index (χ3n) is 4.31. The molecule has 3 aromatic rings. The molecule has 0 saturated carbocycles. The number of aromatic nitrogens is 2. The van der Waals surface area contributed by atoms with E-state index in [9.17, 15) is 25.0 Å². The van der Waals surface area contributed by atoms with Crippen molar-refractivity contribution in [2.24, 2.45) is 14.1 Å². The smallest absolute Gasteiger partial charge is 0.321 e. The maximum absolute atomic E-state index is 12.4. The molecule has 0 fully saturated rings. The summed E-state index contributed by atoms with van der Waals surface area (Å²) in [5.74, 6) is -0.640. The normalized spacial score (nSPS) is 11.2. The van der Waals surface area contributed by atoms with Gasteiger partial charge < -0.3 is 5.32 Å². The van der Waals surface area contributed by atoms with Crippen LogP contribution >= 0.6 is 0 Å². The molecule has 0 spiro atoms. The summed E-state index contributed by atoms with van der Waals surface area (Å²) in [5, 5.41) is 22.5. The number of imidazole rings is 1. The first-order chi connectivity index (χ1) is 13.3. The molecule has 1 N–H and O–H groups in total. The Bertz CT molecular complexity index is 1230. The van der Waals surface area contributed by atoms with Gasteiger partial charge in [0.2, 0.25) is 0 Å². The molecule has 28 heavy (non-hydrogen) atoms. The standard InChI is InChI=1S/C19H15N5O4/c1-22-16-8-3-12(10-17(16)23(2)19(22)26)9-13(11-20)18(25)21-14-4-6-15(7-5-14)24(27)28/h3-10H,1-2H3,(H,21,25).